The standard InChI is InChI=1S/C14H17NO3/c1-3-18-14-11(9-13(16)17-2)8-10-6-4-5-7-12(10)15-14/h4-7,11H,3,8-9H2,1-2H3. The Bertz CT molecular complexity index is 468. The van der Waals surface area contributed by atoms with Crippen LogP contribution < -0.4 is 0 Å². The van der Waals surface area contributed by atoms with Crippen LogP contribution >= 0.6 is 0 Å². The van der Waals surface area contributed by atoms with Gasteiger partial charge in [-0.25, -0.2) is 4.99 Å². The molecule has 0 aromatic heterocycles. The zero-order chi connectivity index (χ0) is 13.0. The van der Waals surface area contributed by atoms with Gasteiger partial charge in [-0.1, -0.05) is 18.2 Å². The molecule has 0 spiro atoms. The summed E-state index contributed by atoms with van der Waals surface area (Å²) in [6.07, 6.45) is 1.08. The van der Waals surface area contributed by atoms with Gasteiger partial charge < -0.3 is 9.47 Å². The number of methoxy groups -OCH3 is 1. The van der Waals surface area contributed by atoms with Crippen molar-refractivity contribution in [3.63, 3.8) is 0 Å². The summed E-state index contributed by atoms with van der Waals surface area (Å²) in [4.78, 5) is 15.9. The van der Waals surface area contributed by atoms with Gasteiger partial charge in [0.15, 0.2) is 5.90 Å². The third-order valence-electron chi connectivity index (χ3n) is 2.97. The molecule has 1 aliphatic rings. The molecule has 1 aromatic carbocycles. The molecule has 1 heterocycles. The van der Waals surface area contributed by atoms with Crippen molar-refractivity contribution in [3.05, 3.63) is 29.8 Å². The molecular formula is C14H17NO3. The van der Waals surface area contributed by atoms with E-state index in [1.54, 1.807) is 0 Å². The molecule has 0 saturated carbocycles. The fraction of sp³-hybridized carbons (Fsp3) is 0.429. The number of benzene rings is 1. The van der Waals surface area contributed by atoms with E-state index in [4.69, 9.17) is 9.47 Å². The van der Waals surface area contributed by atoms with Gasteiger partial charge in [0.1, 0.15) is 0 Å². The first-order chi connectivity index (χ1) is 8.74. The van der Waals surface area contributed by atoms with E-state index in [9.17, 15) is 4.79 Å². The molecule has 1 aliphatic heterocycles. The fourth-order valence-corrected chi connectivity index (χ4v) is 2.10. The van der Waals surface area contributed by atoms with Crippen LogP contribution in [0.3, 0.4) is 0 Å². The van der Waals surface area contributed by atoms with Crippen molar-refractivity contribution in [1.82, 2.24) is 0 Å². The SMILES string of the molecule is CCOC1=Nc2ccccc2CC1CC(=O)OC. The van der Waals surface area contributed by atoms with E-state index in [0.29, 0.717) is 18.9 Å². The van der Waals surface area contributed by atoms with Crippen molar-refractivity contribution in [1.29, 1.82) is 0 Å². The van der Waals surface area contributed by atoms with E-state index < -0.39 is 0 Å². The lowest BCUT2D eigenvalue weighted by molar-refractivity contribution is -0.141. The molecule has 1 unspecified atom stereocenters. The van der Waals surface area contributed by atoms with Gasteiger partial charge in [-0.05, 0) is 25.0 Å². The maximum absolute atomic E-state index is 11.4. The highest BCUT2D eigenvalue weighted by Gasteiger charge is 2.26. The van der Waals surface area contributed by atoms with Gasteiger partial charge in [-0.15, -0.1) is 0 Å². The van der Waals surface area contributed by atoms with E-state index in [1.165, 1.54) is 7.11 Å². The molecule has 0 N–H and O–H groups in total. The van der Waals surface area contributed by atoms with Crippen LogP contribution in [0.1, 0.15) is 18.9 Å². The van der Waals surface area contributed by atoms with Gasteiger partial charge in [0.2, 0.25) is 0 Å². The zero-order valence-electron chi connectivity index (χ0n) is 10.7. The number of ether oxygens (including phenoxy) is 2. The van der Waals surface area contributed by atoms with Crippen molar-refractivity contribution >= 4 is 17.6 Å². The van der Waals surface area contributed by atoms with Gasteiger partial charge in [0, 0.05) is 5.92 Å². The molecule has 0 amide bonds. The van der Waals surface area contributed by atoms with Crippen molar-refractivity contribution in [2.75, 3.05) is 13.7 Å². The minimum atomic E-state index is -0.230. The van der Waals surface area contributed by atoms with Crippen LogP contribution in [-0.2, 0) is 20.7 Å². The maximum Gasteiger partial charge on any atom is 0.306 e. The van der Waals surface area contributed by atoms with Crippen LogP contribution in [0.2, 0.25) is 0 Å². The summed E-state index contributed by atoms with van der Waals surface area (Å²) >= 11 is 0. The lowest BCUT2D eigenvalue weighted by atomic mass is 9.92. The van der Waals surface area contributed by atoms with E-state index in [2.05, 4.69) is 4.99 Å². The summed E-state index contributed by atoms with van der Waals surface area (Å²) in [5, 5.41) is 0. The summed E-state index contributed by atoms with van der Waals surface area (Å²) in [5.74, 6) is 0.390. The Balaban J connectivity index is 2.24. The van der Waals surface area contributed by atoms with Crippen molar-refractivity contribution in [2.24, 2.45) is 10.9 Å². The Labute approximate surface area is 107 Å². The molecular weight excluding hydrogens is 230 g/mol. The quantitative estimate of drug-likeness (QED) is 0.771. The first kappa shape index (κ1) is 12.6. The number of hydrogen-bond donors (Lipinski definition) is 0. The molecule has 18 heavy (non-hydrogen) atoms. The second-order valence-electron chi connectivity index (χ2n) is 4.19. The van der Waals surface area contributed by atoms with Gasteiger partial charge >= 0.3 is 5.97 Å². The van der Waals surface area contributed by atoms with Gasteiger partial charge in [0.05, 0.1) is 25.8 Å². The van der Waals surface area contributed by atoms with Crippen molar-refractivity contribution < 1.29 is 14.3 Å². The van der Waals surface area contributed by atoms with Crippen LogP contribution in [0.5, 0.6) is 0 Å². The summed E-state index contributed by atoms with van der Waals surface area (Å²) < 4.78 is 10.3. The zero-order valence-corrected chi connectivity index (χ0v) is 10.7. The number of esters is 1. The van der Waals surface area contributed by atoms with E-state index >= 15 is 0 Å². The highest BCUT2D eigenvalue weighted by atomic mass is 16.5. The minimum Gasteiger partial charge on any atom is -0.481 e. The smallest absolute Gasteiger partial charge is 0.306 e. The Morgan fingerprint density at radius 3 is 2.94 bits per heavy atom. The molecule has 0 saturated heterocycles. The number of hydrogen-bond acceptors (Lipinski definition) is 4. The molecule has 1 atom stereocenters. The summed E-state index contributed by atoms with van der Waals surface area (Å²) in [6, 6.07) is 7.93. The highest BCUT2D eigenvalue weighted by molar-refractivity contribution is 5.88. The Morgan fingerprint density at radius 1 is 1.44 bits per heavy atom. The first-order valence-corrected chi connectivity index (χ1v) is 6.10. The van der Waals surface area contributed by atoms with Crippen molar-refractivity contribution in [3.8, 4) is 0 Å². The van der Waals surface area contributed by atoms with E-state index in [-0.39, 0.29) is 11.9 Å². The van der Waals surface area contributed by atoms with Gasteiger partial charge in [0.25, 0.3) is 0 Å². The number of nitrogens with zero attached hydrogens (tertiary/aromatic N) is 1. The minimum absolute atomic E-state index is 0.0210. The molecule has 0 fully saturated rings. The van der Waals surface area contributed by atoms with E-state index in [1.807, 2.05) is 31.2 Å². The summed E-state index contributed by atoms with van der Waals surface area (Å²) in [5.41, 5.74) is 2.08. The monoisotopic (exact) mass is 247 g/mol. The summed E-state index contributed by atoms with van der Waals surface area (Å²) in [7, 11) is 1.40. The second-order valence-corrected chi connectivity index (χ2v) is 4.19. The molecule has 4 nitrogen and oxygen atoms in total. The Morgan fingerprint density at radius 2 is 2.22 bits per heavy atom. The molecule has 0 bridgehead atoms. The first-order valence-electron chi connectivity index (χ1n) is 6.10. The number of carbonyl (C=O) groups is 1. The van der Waals surface area contributed by atoms with Crippen LogP contribution in [0.25, 0.3) is 0 Å². The van der Waals surface area contributed by atoms with Crippen LogP contribution in [0.15, 0.2) is 29.3 Å². The molecule has 4 heteroatoms. The van der Waals surface area contributed by atoms with Gasteiger partial charge in [-0.3, -0.25) is 4.79 Å². The summed E-state index contributed by atoms with van der Waals surface area (Å²) in [6.45, 7) is 2.47. The third kappa shape index (κ3) is 2.70. The molecule has 2 rings (SSSR count). The predicted octanol–water partition coefficient (Wildman–Crippen LogP) is 2.49. The molecule has 0 radical (unpaired) electrons. The topological polar surface area (TPSA) is 47.9 Å². The molecule has 96 valence electrons. The normalized spacial score (nSPS) is 17.7. The highest BCUT2D eigenvalue weighted by Crippen LogP contribution is 2.30. The van der Waals surface area contributed by atoms with Crippen LogP contribution in [-0.4, -0.2) is 25.6 Å². The number of para-hydroxylation sites is 1. The Kier molecular flexibility index (Phi) is 3.97. The van der Waals surface area contributed by atoms with Crippen molar-refractivity contribution in [2.45, 2.75) is 19.8 Å². The molecule has 1 aromatic rings. The number of rotatable bonds is 3. The lowest BCUT2D eigenvalue weighted by Crippen LogP contribution is -2.26. The number of fused-ring (bicyclic) bond motifs is 1. The lowest BCUT2D eigenvalue weighted by Gasteiger charge is -2.23. The third-order valence-corrected chi connectivity index (χ3v) is 2.97. The van der Waals surface area contributed by atoms with Crippen LogP contribution in [0, 0.1) is 5.92 Å². The average Bonchev–Trinajstić information content (AvgIpc) is 2.39. The molecule has 0 aliphatic carbocycles. The number of aliphatic imine (C=N–C) groups is 1. The second kappa shape index (κ2) is 5.67. The van der Waals surface area contributed by atoms with Gasteiger partial charge in [-0.2, -0.15) is 0 Å². The number of carbonyl (C=O) groups excluding carboxylic acids is 1. The fourth-order valence-electron chi connectivity index (χ4n) is 2.10. The van der Waals surface area contributed by atoms with E-state index in [0.717, 1.165) is 17.7 Å². The largest absolute Gasteiger partial charge is 0.481 e. The predicted molar refractivity (Wildman–Crippen MR) is 69.0 cm³/mol. The maximum atomic E-state index is 11.4. The van der Waals surface area contributed by atoms with Crippen LogP contribution in [0.4, 0.5) is 5.69 Å². The Hall–Kier alpha value is -1.84. The average molecular weight is 247 g/mol.